The molecule has 1 aromatic carbocycles. The highest BCUT2D eigenvalue weighted by atomic mass is 35.5. The van der Waals surface area contributed by atoms with Crippen molar-refractivity contribution in [1.29, 1.82) is 0 Å². The van der Waals surface area contributed by atoms with Crippen LogP contribution in [0.15, 0.2) is 23.3 Å². The summed E-state index contributed by atoms with van der Waals surface area (Å²) in [6.07, 6.45) is 4.28. The van der Waals surface area contributed by atoms with Crippen LogP contribution >= 0.6 is 23.2 Å². The highest BCUT2D eigenvalue weighted by molar-refractivity contribution is 6.38. The molecule has 0 atom stereocenters. The summed E-state index contributed by atoms with van der Waals surface area (Å²) < 4.78 is 0. The number of benzene rings is 1. The largest absolute Gasteiger partial charge is 0.292 e. The Hall–Kier alpha value is -1.85. The second kappa shape index (κ2) is 5.87. The van der Waals surface area contributed by atoms with Gasteiger partial charge in [-0.2, -0.15) is 10.2 Å². The van der Waals surface area contributed by atoms with Crippen molar-refractivity contribution in [2.45, 2.75) is 19.3 Å². The quantitative estimate of drug-likeness (QED) is 0.673. The fourth-order valence-corrected chi connectivity index (χ4v) is 2.84. The Morgan fingerprint density at radius 2 is 2.10 bits per heavy atom. The van der Waals surface area contributed by atoms with Crippen molar-refractivity contribution in [3.63, 3.8) is 0 Å². The van der Waals surface area contributed by atoms with Crippen LogP contribution in [0.1, 0.15) is 33.7 Å². The lowest BCUT2D eigenvalue weighted by atomic mass is 10.2. The maximum Gasteiger partial charge on any atom is 0.292 e. The zero-order valence-corrected chi connectivity index (χ0v) is 12.5. The van der Waals surface area contributed by atoms with Crippen LogP contribution < -0.4 is 5.43 Å². The third kappa shape index (κ3) is 2.80. The molecule has 0 fully saturated rings. The van der Waals surface area contributed by atoms with E-state index in [9.17, 15) is 4.79 Å². The molecule has 2 N–H and O–H groups in total. The summed E-state index contributed by atoms with van der Waals surface area (Å²) in [6, 6.07) is 5.15. The number of rotatable bonds is 3. The van der Waals surface area contributed by atoms with Crippen molar-refractivity contribution < 1.29 is 4.79 Å². The van der Waals surface area contributed by atoms with Gasteiger partial charge >= 0.3 is 0 Å². The van der Waals surface area contributed by atoms with E-state index in [4.69, 9.17) is 23.2 Å². The van der Waals surface area contributed by atoms with Gasteiger partial charge in [0, 0.05) is 16.8 Å². The molecule has 0 unspecified atom stereocenters. The maximum atomic E-state index is 12.1. The molecule has 5 nitrogen and oxygen atoms in total. The molecule has 0 saturated carbocycles. The van der Waals surface area contributed by atoms with Crippen molar-refractivity contribution >= 4 is 35.3 Å². The van der Waals surface area contributed by atoms with E-state index >= 15 is 0 Å². The number of carbonyl (C=O) groups excluding carboxylic acids is 1. The van der Waals surface area contributed by atoms with Gasteiger partial charge in [0.1, 0.15) is 0 Å². The van der Waals surface area contributed by atoms with Crippen molar-refractivity contribution in [2.24, 2.45) is 5.10 Å². The molecule has 1 aliphatic rings. The molecular weight excluding hydrogens is 311 g/mol. The lowest BCUT2D eigenvalue weighted by Gasteiger charge is -2.01. The molecule has 21 heavy (non-hydrogen) atoms. The molecular formula is C14H12Cl2N4O. The van der Waals surface area contributed by atoms with Crippen LogP contribution in [0, 0.1) is 0 Å². The summed E-state index contributed by atoms with van der Waals surface area (Å²) in [5.41, 5.74) is 5.44. The Morgan fingerprint density at radius 3 is 2.86 bits per heavy atom. The molecule has 0 spiro atoms. The first kappa shape index (κ1) is 14.1. The number of aromatic amines is 1. The van der Waals surface area contributed by atoms with Gasteiger partial charge in [-0.05, 0) is 31.4 Å². The van der Waals surface area contributed by atoms with Gasteiger partial charge in [-0.3, -0.25) is 9.89 Å². The molecule has 1 aliphatic carbocycles. The van der Waals surface area contributed by atoms with Gasteiger partial charge in [-0.15, -0.1) is 0 Å². The van der Waals surface area contributed by atoms with Crippen LogP contribution in [0.25, 0.3) is 0 Å². The molecule has 2 aromatic rings. The predicted molar refractivity (Wildman–Crippen MR) is 82.1 cm³/mol. The highest BCUT2D eigenvalue weighted by Crippen LogP contribution is 2.23. The number of fused-ring (bicyclic) bond motifs is 1. The minimum atomic E-state index is -0.339. The van der Waals surface area contributed by atoms with Crippen molar-refractivity contribution in [3.8, 4) is 0 Å². The van der Waals surface area contributed by atoms with E-state index in [0.29, 0.717) is 21.3 Å². The summed E-state index contributed by atoms with van der Waals surface area (Å²) in [7, 11) is 0. The molecule has 0 saturated heterocycles. The second-order valence-corrected chi connectivity index (χ2v) is 5.53. The minimum absolute atomic E-state index is 0.339. The Morgan fingerprint density at radius 1 is 1.33 bits per heavy atom. The third-order valence-electron chi connectivity index (χ3n) is 3.38. The van der Waals surface area contributed by atoms with E-state index in [2.05, 4.69) is 20.7 Å². The fraction of sp³-hybridized carbons (Fsp3) is 0.214. The van der Waals surface area contributed by atoms with Gasteiger partial charge in [0.05, 0.1) is 16.3 Å². The Kier molecular flexibility index (Phi) is 3.94. The SMILES string of the molecule is O=C(N/N=C/c1c(Cl)cccc1Cl)c1n[nH]c2c1CCC2. The van der Waals surface area contributed by atoms with Crippen molar-refractivity contribution in [1.82, 2.24) is 15.6 Å². The number of carbonyl (C=O) groups is 1. The van der Waals surface area contributed by atoms with Gasteiger partial charge in [0.2, 0.25) is 0 Å². The topological polar surface area (TPSA) is 70.1 Å². The third-order valence-corrected chi connectivity index (χ3v) is 4.04. The Balaban J connectivity index is 1.72. The van der Waals surface area contributed by atoms with Crippen LogP contribution in [0.2, 0.25) is 10.0 Å². The monoisotopic (exact) mass is 322 g/mol. The van der Waals surface area contributed by atoms with E-state index in [1.54, 1.807) is 18.2 Å². The summed E-state index contributed by atoms with van der Waals surface area (Å²) in [5, 5.41) is 11.8. The Labute approximate surface area is 131 Å². The van der Waals surface area contributed by atoms with Gasteiger partial charge in [-0.1, -0.05) is 29.3 Å². The van der Waals surface area contributed by atoms with Gasteiger partial charge in [-0.25, -0.2) is 5.43 Å². The molecule has 7 heteroatoms. The smallest absolute Gasteiger partial charge is 0.281 e. The molecule has 1 heterocycles. The minimum Gasteiger partial charge on any atom is -0.281 e. The Bertz CT molecular complexity index is 704. The number of nitrogens with one attached hydrogen (secondary N) is 2. The number of amides is 1. The van der Waals surface area contributed by atoms with Crippen LogP contribution in [0.4, 0.5) is 0 Å². The van der Waals surface area contributed by atoms with E-state index in [1.165, 1.54) is 6.21 Å². The standard InChI is InChI=1S/C14H12Cl2N4O/c15-10-4-2-5-11(16)9(10)7-17-20-14(21)13-8-3-1-6-12(8)18-19-13/h2,4-5,7H,1,3,6H2,(H,18,19)(H,20,21)/b17-7+. The lowest BCUT2D eigenvalue weighted by Crippen LogP contribution is -2.19. The zero-order valence-electron chi connectivity index (χ0n) is 11.0. The molecule has 0 aliphatic heterocycles. The number of hydrogen-bond donors (Lipinski definition) is 2. The number of nitrogens with zero attached hydrogens (tertiary/aromatic N) is 2. The molecule has 0 bridgehead atoms. The number of hydrogen-bond acceptors (Lipinski definition) is 3. The molecule has 3 rings (SSSR count). The summed E-state index contributed by atoms with van der Waals surface area (Å²) >= 11 is 12.0. The predicted octanol–water partition coefficient (Wildman–Crippen LogP) is 2.97. The average molecular weight is 323 g/mol. The molecule has 1 amide bonds. The normalized spacial score (nSPS) is 13.6. The van der Waals surface area contributed by atoms with Crippen molar-refractivity contribution in [3.05, 3.63) is 50.8 Å². The van der Waals surface area contributed by atoms with E-state index in [1.807, 2.05) is 0 Å². The first-order valence-electron chi connectivity index (χ1n) is 6.50. The van der Waals surface area contributed by atoms with Crippen LogP contribution in [0.5, 0.6) is 0 Å². The second-order valence-electron chi connectivity index (χ2n) is 4.72. The fourth-order valence-electron chi connectivity index (χ4n) is 2.35. The molecule has 108 valence electrons. The van der Waals surface area contributed by atoms with Crippen LogP contribution in [0.3, 0.4) is 0 Å². The summed E-state index contributed by atoms with van der Waals surface area (Å²) in [5.74, 6) is -0.339. The van der Waals surface area contributed by atoms with Crippen LogP contribution in [-0.2, 0) is 12.8 Å². The van der Waals surface area contributed by atoms with E-state index in [-0.39, 0.29) is 5.91 Å². The van der Waals surface area contributed by atoms with Crippen LogP contribution in [-0.4, -0.2) is 22.3 Å². The zero-order chi connectivity index (χ0) is 14.8. The summed E-state index contributed by atoms with van der Waals surface area (Å²) in [6.45, 7) is 0. The number of halogens is 2. The molecule has 0 radical (unpaired) electrons. The van der Waals surface area contributed by atoms with E-state index < -0.39 is 0 Å². The number of aromatic nitrogens is 2. The molecule has 1 aromatic heterocycles. The summed E-state index contributed by atoms with van der Waals surface area (Å²) in [4.78, 5) is 12.1. The van der Waals surface area contributed by atoms with E-state index in [0.717, 1.165) is 30.5 Å². The van der Waals surface area contributed by atoms with Crippen molar-refractivity contribution in [2.75, 3.05) is 0 Å². The number of hydrazone groups is 1. The number of H-pyrrole nitrogens is 1. The maximum absolute atomic E-state index is 12.1. The first-order valence-corrected chi connectivity index (χ1v) is 7.26. The first-order chi connectivity index (χ1) is 10.2. The van der Waals surface area contributed by atoms with Gasteiger partial charge in [0.15, 0.2) is 5.69 Å². The highest BCUT2D eigenvalue weighted by Gasteiger charge is 2.22. The number of aryl methyl sites for hydroxylation is 1. The van der Waals surface area contributed by atoms with Gasteiger partial charge < -0.3 is 0 Å². The lowest BCUT2D eigenvalue weighted by molar-refractivity contribution is 0.0949. The average Bonchev–Trinajstić information content (AvgIpc) is 3.04. The van der Waals surface area contributed by atoms with Gasteiger partial charge in [0.25, 0.3) is 5.91 Å².